The Morgan fingerprint density at radius 3 is 2.31 bits per heavy atom. The number of fused-ring (bicyclic) bond motifs is 2. The van der Waals surface area contributed by atoms with Gasteiger partial charge in [0.2, 0.25) is 5.91 Å². The number of carbonyl (C=O) groups is 2. The number of hydrogen-bond acceptors (Lipinski definition) is 2. The summed E-state index contributed by atoms with van der Waals surface area (Å²) < 4.78 is 2.04. The van der Waals surface area contributed by atoms with Crippen LogP contribution in [0, 0.1) is 0 Å². The minimum atomic E-state index is -0.0418. The van der Waals surface area contributed by atoms with Gasteiger partial charge in [-0.25, -0.2) is 0 Å². The molecule has 6 rings (SSSR count). The monoisotopic (exact) mass is 475 g/mol. The molecule has 180 valence electrons. The molecule has 3 aromatic carbocycles. The number of carbonyl (C=O) groups excluding carboxylic acids is 2. The van der Waals surface area contributed by atoms with Gasteiger partial charge in [-0.15, -0.1) is 0 Å². The summed E-state index contributed by atoms with van der Waals surface area (Å²) in [5, 5.41) is 1.04. The highest BCUT2D eigenvalue weighted by molar-refractivity contribution is 6.38. The van der Waals surface area contributed by atoms with Crippen molar-refractivity contribution in [3.05, 3.63) is 96.2 Å². The van der Waals surface area contributed by atoms with Gasteiger partial charge in [0.25, 0.3) is 5.91 Å². The fraction of sp³-hybridized carbons (Fsp3) is 0.226. The van der Waals surface area contributed by atoms with E-state index in [1.807, 2.05) is 94.5 Å². The van der Waals surface area contributed by atoms with Crippen molar-refractivity contribution >= 4 is 45.7 Å². The zero-order valence-corrected chi connectivity index (χ0v) is 20.3. The Bertz CT molecular complexity index is 1460. The standard InChI is InChI=1S/C31H29N3O2/c35-30(32-18-10-1-2-11-19-32)22-33-21-23(25-14-6-8-16-28(25)33)20-27-26-15-7-9-17-29(26)34(31(27)36)24-12-4-3-5-13-24/h3-9,12-17,20-21H,1-2,10-11,18-19,22H2/b27-20+. The van der Waals surface area contributed by atoms with Gasteiger partial charge in [0.05, 0.1) is 11.3 Å². The molecule has 1 fully saturated rings. The van der Waals surface area contributed by atoms with Gasteiger partial charge in [-0.05, 0) is 43.2 Å². The van der Waals surface area contributed by atoms with Crippen molar-refractivity contribution in [3.63, 3.8) is 0 Å². The minimum absolute atomic E-state index is 0.0418. The van der Waals surface area contributed by atoms with Crippen LogP contribution < -0.4 is 4.90 Å². The maximum absolute atomic E-state index is 13.7. The summed E-state index contributed by atoms with van der Waals surface area (Å²) in [7, 11) is 0. The van der Waals surface area contributed by atoms with Gasteiger partial charge < -0.3 is 9.47 Å². The Hall–Kier alpha value is -4.12. The molecule has 1 saturated heterocycles. The molecule has 0 radical (unpaired) electrons. The molecule has 0 bridgehead atoms. The molecule has 2 aliphatic heterocycles. The zero-order valence-electron chi connectivity index (χ0n) is 20.3. The number of hydrogen-bond donors (Lipinski definition) is 0. The van der Waals surface area contributed by atoms with Crippen molar-refractivity contribution in [2.24, 2.45) is 0 Å². The van der Waals surface area contributed by atoms with Crippen LogP contribution in [-0.2, 0) is 16.1 Å². The first-order valence-corrected chi connectivity index (χ1v) is 12.8. The second-order valence-electron chi connectivity index (χ2n) is 9.58. The second-order valence-corrected chi connectivity index (χ2v) is 9.58. The van der Waals surface area contributed by atoms with E-state index in [0.717, 1.165) is 59.3 Å². The molecule has 0 unspecified atom stereocenters. The number of aromatic nitrogens is 1. The van der Waals surface area contributed by atoms with Crippen LogP contribution in [0.5, 0.6) is 0 Å². The second kappa shape index (κ2) is 9.50. The van der Waals surface area contributed by atoms with Crippen molar-refractivity contribution in [1.82, 2.24) is 9.47 Å². The lowest BCUT2D eigenvalue weighted by atomic mass is 10.0. The molecule has 0 N–H and O–H groups in total. The first-order chi connectivity index (χ1) is 17.7. The average Bonchev–Trinajstić information content (AvgIpc) is 3.23. The Balaban J connectivity index is 1.39. The van der Waals surface area contributed by atoms with E-state index >= 15 is 0 Å². The van der Waals surface area contributed by atoms with Crippen LogP contribution >= 0.6 is 0 Å². The van der Waals surface area contributed by atoms with Crippen LogP contribution in [0.4, 0.5) is 11.4 Å². The Morgan fingerprint density at radius 2 is 1.50 bits per heavy atom. The van der Waals surface area contributed by atoms with Gasteiger partial charge in [0.1, 0.15) is 6.54 Å². The number of nitrogens with zero attached hydrogens (tertiary/aromatic N) is 3. The predicted octanol–water partition coefficient (Wildman–Crippen LogP) is 6.26. The molecular formula is C31H29N3O2. The minimum Gasteiger partial charge on any atom is -0.341 e. The quantitative estimate of drug-likeness (QED) is 0.327. The lowest BCUT2D eigenvalue weighted by Gasteiger charge is -2.20. The molecule has 2 amide bonds. The molecule has 0 aliphatic carbocycles. The molecule has 5 heteroatoms. The van der Waals surface area contributed by atoms with Gasteiger partial charge in [0, 0.05) is 47.0 Å². The van der Waals surface area contributed by atoms with E-state index in [4.69, 9.17) is 0 Å². The summed E-state index contributed by atoms with van der Waals surface area (Å²) in [5.74, 6) is 0.120. The smallest absolute Gasteiger partial charge is 0.263 e. The van der Waals surface area contributed by atoms with Crippen LogP contribution in [0.1, 0.15) is 36.8 Å². The zero-order chi connectivity index (χ0) is 24.5. The third-order valence-electron chi connectivity index (χ3n) is 7.27. The molecular weight excluding hydrogens is 446 g/mol. The average molecular weight is 476 g/mol. The number of benzene rings is 3. The Labute approximate surface area is 211 Å². The number of amides is 2. The van der Waals surface area contributed by atoms with E-state index < -0.39 is 0 Å². The van der Waals surface area contributed by atoms with Crippen molar-refractivity contribution < 1.29 is 9.59 Å². The summed E-state index contributed by atoms with van der Waals surface area (Å²) >= 11 is 0. The molecule has 0 atom stereocenters. The molecule has 2 aliphatic rings. The lowest BCUT2D eigenvalue weighted by molar-refractivity contribution is -0.131. The maximum Gasteiger partial charge on any atom is 0.263 e. The third-order valence-corrected chi connectivity index (χ3v) is 7.27. The summed E-state index contributed by atoms with van der Waals surface area (Å²) in [6.07, 6.45) is 8.56. The van der Waals surface area contributed by atoms with Crippen molar-refractivity contribution in [1.29, 1.82) is 0 Å². The van der Waals surface area contributed by atoms with Crippen molar-refractivity contribution in [3.8, 4) is 0 Å². The fourth-order valence-electron chi connectivity index (χ4n) is 5.46. The van der Waals surface area contributed by atoms with Crippen LogP contribution in [0.25, 0.3) is 22.6 Å². The van der Waals surface area contributed by atoms with E-state index in [1.54, 1.807) is 4.90 Å². The third kappa shape index (κ3) is 4.01. The summed E-state index contributed by atoms with van der Waals surface area (Å²) in [6.45, 7) is 2.00. The molecule has 0 spiro atoms. The van der Waals surface area contributed by atoms with Gasteiger partial charge in [-0.1, -0.05) is 67.4 Å². The first-order valence-electron chi connectivity index (χ1n) is 12.8. The maximum atomic E-state index is 13.7. The lowest BCUT2D eigenvalue weighted by Crippen LogP contribution is -2.34. The van der Waals surface area contributed by atoms with Crippen LogP contribution in [0.2, 0.25) is 0 Å². The summed E-state index contributed by atoms with van der Waals surface area (Å²) in [4.78, 5) is 30.7. The normalized spacial score (nSPS) is 17.0. The first kappa shape index (κ1) is 22.4. The van der Waals surface area contributed by atoms with E-state index in [2.05, 4.69) is 6.07 Å². The number of para-hydroxylation sites is 3. The fourth-order valence-corrected chi connectivity index (χ4v) is 5.46. The number of likely N-dealkylation sites (tertiary alicyclic amines) is 1. The number of anilines is 2. The Morgan fingerprint density at radius 1 is 0.806 bits per heavy atom. The summed E-state index contributed by atoms with van der Waals surface area (Å²) in [6, 6.07) is 25.8. The largest absolute Gasteiger partial charge is 0.341 e. The predicted molar refractivity (Wildman–Crippen MR) is 145 cm³/mol. The van der Waals surface area contributed by atoms with E-state index in [9.17, 15) is 9.59 Å². The highest BCUT2D eigenvalue weighted by Gasteiger charge is 2.33. The van der Waals surface area contributed by atoms with Gasteiger partial charge in [0.15, 0.2) is 0 Å². The van der Waals surface area contributed by atoms with E-state index in [-0.39, 0.29) is 11.8 Å². The SMILES string of the molecule is O=C(Cn1cc(/C=C2/C(=O)N(c3ccccc3)c3ccccc32)c2ccccc21)N1CCCCCC1. The molecule has 4 aromatic rings. The van der Waals surface area contributed by atoms with Gasteiger partial charge >= 0.3 is 0 Å². The number of rotatable bonds is 4. The van der Waals surface area contributed by atoms with Gasteiger partial charge in [-0.3, -0.25) is 14.5 Å². The highest BCUT2D eigenvalue weighted by atomic mass is 16.2. The van der Waals surface area contributed by atoms with Crippen molar-refractivity contribution in [2.75, 3.05) is 18.0 Å². The topological polar surface area (TPSA) is 45.6 Å². The van der Waals surface area contributed by atoms with Crippen molar-refractivity contribution in [2.45, 2.75) is 32.2 Å². The van der Waals surface area contributed by atoms with E-state index in [1.165, 1.54) is 12.8 Å². The molecule has 1 aromatic heterocycles. The van der Waals surface area contributed by atoms with Crippen LogP contribution in [0.15, 0.2) is 85.1 Å². The molecule has 5 nitrogen and oxygen atoms in total. The van der Waals surface area contributed by atoms with Crippen LogP contribution in [-0.4, -0.2) is 34.4 Å². The van der Waals surface area contributed by atoms with E-state index in [0.29, 0.717) is 12.1 Å². The van der Waals surface area contributed by atoms with Crippen LogP contribution in [0.3, 0.4) is 0 Å². The summed E-state index contributed by atoms with van der Waals surface area (Å²) in [5.41, 5.74) is 5.28. The highest BCUT2D eigenvalue weighted by Crippen LogP contribution is 2.42. The molecule has 36 heavy (non-hydrogen) atoms. The van der Waals surface area contributed by atoms with Gasteiger partial charge in [-0.2, -0.15) is 0 Å². The Kier molecular flexibility index (Phi) is 5.90. The molecule has 3 heterocycles. The molecule has 0 saturated carbocycles.